The number of carbonyl (C=O) groups excluding carboxylic acids is 1. The van der Waals surface area contributed by atoms with Crippen LogP contribution in [0.3, 0.4) is 0 Å². The summed E-state index contributed by atoms with van der Waals surface area (Å²) < 4.78 is 4.95. The molecule has 0 saturated heterocycles. The second-order valence-electron chi connectivity index (χ2n) is 4.43. The van der Waals surface area contributed by atoms with E-state index in [0.717, 1.165) is 20.8 Å². The highest BCUT2D eigenvalue weighted by Crippen LogP contribution is 2.27. The molecule has 2 heterocycles. The molecular weight excluding hydrogens is 404 g/mol. The van der Waals surface area contributed by atoms with Crippen molar-refractivity contribution >= 4 is 69.0 Å². The Bertz CT molecular complexity index is 833. The number of nitrogens with zero attached hydrogens (tertiary/aromatic N) is 3. The van der Waals surface area contributed by atoms with E-state index in [2.05, 4.69) is 19.7 Å². The minimum Gasteiger partial charge on any atom is -0.301 e. The molecular formula is C14H11ClN4OS4. The molecule has 1 aromatic carbocycles. The highest BCUT2D eigenvalue weighted by atomic mass is 35.5. The number of halogens is 1. The molecule has 0 saturated carbocycles. The number of thiazole rings is 1. The van der Waals surface area contributed by atoms with Crippen LogP contribution in [-0.4, -0.2) is 32.3 Å². The number of amides is 1. The number of anilines is 1. The van der Waals surface area contributed by atoms with Gasteiger partial charge in [0.2, 0.25) is 11.1 Å². The van der Waals surface area contributed by atoms with E-state index in [4.69, 9.17) is 11.6 Å². The number of benzene rings is 1. The molecule has 0 aliphatic carbocycles. The second kappa shape index (κ2) is 8.30. The third-order valence-corrected chi connectivity index (χ3v) is 6.30. The lowest BCUT2D eigenvalue weighted by Crippen LogP contribution is -2.13. The van der Waals surface area contributed by atoms with Crippen LogP contribution in [0.5, 0.6) is 0 Å². The zero-order chi connectivity index (χ0) is 16.9. The summed E-state index contributed by atoms with van der Waals surface area (Å²) in [6.45, 7) is 0. The van der Waals surface area contributed by atoms with Crippen molar-refractivity contribution in [2.24, 2.45) is 0 Å². The minimum atomic E-state index is -0.113. The molecule has 0 atom stereocenters. The second-order valence-corrected chi connectivity index (χ2v) is 8.47. The Kier molecular flexibility index (Phi) is 6.12. The Morgan fingerprint density at radius 2 is 2.08 bits per heavy atom. The van der Waals surface area contributed by atoms with Gasteiger partial charge in [-0.3, -0.25) is 4.79 Å². The third kappa shape index (κ3) is 4.70. The highest BCUT2D eigenvalue weighted by Gasteiger charge is 2.10. The maximum atomic E-state index is 12.0. The van der Waals surface area contributed by atoms with Crippen LogP contribution < -0.4 is 5.32 Å². The molecule has 24 heavy (non-hydrogen) atoms. The Morgan fingerprint density at radius 3 is 2.79 bits per heavy atom. The molecule has 0 bridgehead atoms. The summed E-state index contributed by atoms with van der Waals surface area (Å²) >= 11 is 11.4. The van der Waals surface area contributed by atoms with Gasteiger partial charge in [-0.05, 0) is 29.9 Å². The average molecular weight is 415 g/mol. The van der Waals surface area contributed by atoms with Crippen LogP contribution in [0.2, 0.25) is 5.02 Å². The zero-order valence-corrected chi connectivity index (χ0v) is 16.4. The largest absolute Gasteiger partial charge is 0.301 e. The Morgan fingerprint density at radius 1 is 1.29 bits per heavy atom. The fourth-order valence-electron chi connectivity index (χ4n) is 1.71. The van der Waals surface area contributed by atoms with E-state index in [1.165, 1.54) is 46.4 Å². The van der Waals surface area contributed by atoms with Crippen LogP contribution in [0.25, 0.3) is 11.3 Å². The molecule has 3 aromatic rings. The lowest BCUT2D eigenvalue weighted by atomic mass is 10.2. The van der Waals surface area contributed by atoms with Crippen molar-refractivity contribution in [1.29, 1.82) is 0 Å². The summed E-state index contributed by atoms with van der Waals surface area (Å²) in [5.41, 5.74) is 1.78. The number of carbonyl (C=O) groups is 1. The van der Waals surface area contributed by atoms with Crippen molar-refractivity contribution in [1.82, 2.24) is 14.3 Å². The Balaban J connectivity index is 1.56. The van der Waals surface area contributed by atoms with Crippen molar-refractivity contribution in [3.8, 4) is 11.3 Å². The molecule has 5 nitrogen and oxygen atoms in total. The van der Waals surface area contributed by atoms with Gasteiger partial charge in [-0.15, -0.1) is 11.3 Å². The van der Waals surface area contributed by atoms with E-state index in [1.54, 1.807) is 0 Å². The molecule has 1 amide bonds. The van der Waals surface area contributed by atoms with Gasteiger partial charge in [-0.2, -0.15) is 4.37 Å². The predicted octanol–water partition coefficient (Wildman–Crippen LogP) is 4.77. The summed E-state index contributed by atoms with van der Waals surface area (Å²) in [7, 11) is 0. The molecule has 10 heteroatoms. The van der Waals surface area contributed by atoms with Gasteiger partial charge >= 0.3 is 0 Å². The van der Waals surface area contributed by atoms with Crippen LogP contribution in [0.1, 0.15) is 0 Å². The number of aromatic nitrogens is 3. The van der Waals surface area contributed by atoms with Crippen LogP contribution in [0.4, 0.5) is 5.13 Å². The minimum absolute atomic E-state index is 0.113. The quantitative estimate of drug-likeness (QED) is 0.586. The van der Waals surface area contributed by atoms with Crippen LogP contribution in [-0.2, 0) is 4.79 Å². The summed E-state index contributed by atoms with van der Waals surface area (Å²) in [6, 6.07) is 7.43. The van der Waals surface area contributed by atoms with Gasteiger partial charge in [0.1, 0.15) is 0 Å². The van der Waals surface area contributed by atoms with Crippen molar-refractivity contribution in [2.45, 2.75) is 9.50 Å². The van der Waals surface area contributed by atoms with E-state index in [9.17, 15) is 4.79 Å². The SMILES string of the molecule is CSc1nsc(SCC(=O)Nc2nc(-c3ccc(Cl)cc3)cs2)n1. The molecule has 0 spiro atoms. The van der Waals surface area contributed by atoms with Gasteiger partial charge in [-0.1, -0.05) is 47.3 Å². The zero-order valence-electron chi connectivity index (χ0n) is 12.4. The molecule has 0 fully saturated rings. The van der Waals surface area contributed by atoms with Crippen molar-refractivity contribution in [3.05, 3.63) is 34.7 Å². The number of hydrogen-bond acceptors (Lipinski definition) is 8. The first-order chi connectivity index (χ1) is 11.6. The number of rotatable bonds is 6. The summed E-state index contributed by atoms with van der Waals surface area (Å²) in [4.78, 5) is 20.7. The molecule has 0 radical (unpaired) electrons. The molecule has 0 aliphatic heterocycles. The van der Waals surface area contributed by atoms with E-state index in [0.29, 0.717) is 10.2 Å². The van der Waals surface area contributed by atoms with Crippen LogP contribution in [0.15, 0.2) is 39.1 Å². The van der Waals surface area contributed by atoms with E-state index < -0.39 is 0 Å². The van der Waals surface area contributed by atoms with E-state index >= 15 is 0 Å². The van der Waals surface area contributed by atoms with Gasteiger partial charge in [0.15, 0.2) is 9.47 Å². The van der Waals surface area contributed by atoms with E-state index in [1.807, 2.05) is 35.9 Å². The topological polar surface area (TPSA) is 67.8 Å². The number of hydrogen-bond donors (Lipinski definition) is 1. The molecule has 1 N–H and O–H groups in total. The molecule has 3 rings (SSSR count). The number of thioether (sulfide) groups is 2. The summed E-state index contributed by atoms with van der Waals surface area (Å²) in [5.74, 6) is 0.164. The first-order valence-corrected chi connectivity index (χ1v) is 10.9. The predicted molar refractivity (Wildman–Crippen MR) is 104 cm³/mol. The Hall–Kier alpha value is -1.13. The van der Waals surface area contributed by atoms with Gasteiger partial charge in [-0.25, -0.2) is 9.97 Å². The standard InChI is InChI=1S/C14H11ClN4OS4/c1-21-13-18-14(24-19-13)23-7-11(20)17-12-16-10(6-22-12)8-2-4-9(15)5-3-8/h2-6H,7H2,1H3,(H,16,17,20). The molecule has 0 unspecified atom stereocenters. The lowest BCUT2D eigenvalue weighted by Gasteiger charge is -2.00. The summed E-state index contributed by atoms with van der Waals surface area (Å²) in [5, 5.41) is 6.70. The van der Waals surface area contributed by atoms with Gasteiger partial charge in [0, 0.05) is 16.0 Å². The summed E-state index contributed by atoms with van der Waals surface area (Å²) in [6.07, 6.45) is 1.92. The average Bonchev–Trinajstić information content (AvgIpc) is 3.23. The first-order valence-electron chi connectivity index (χ1n) is 6.66. The maximum Gasteiger partial charge on any atom is 0.236 e. The fraction of sp³-hybridized carbons (Fsp3) is 0.143. The maximum absolute atomic E-state index is 12.0. The van der Waals surface area contributed by atoms with E-state index in [-0.39, 0.29) is 11.7 Å². The fourth-order valence-corrected chi connectivity index (χ4v) is 4.58. The van der Waals surface area contributed by atoms with Crippen molar-refractivity contribution in [2.75, 3.05) is 17.3 Å². The third-order valence-electron chi connectivity index (χ3n) is 2.79. The van der Waals surface area contributed by atoms with Crippen LogP contribution >= 0.6 is 58.0 Å². The molecule has 2 aromatic heterocycles. The van der Waals surface area contributed by atoms with Gasteiger partial charge < -0.3 is 5.32 Å². The Labute approximate surface area is 160 Å². The van der Waals surface area contributed by atoms with Gasteiger partial charge in [0.25, 0.3) is 0 Å². The normalized spacial score (nSPS) is 10.8. The first kappa shape index (κ1) is 17.7. The molecule has 124 valence electrons. The monoisotopic (exact) mass is 414 g/mol. The van der Waals surface area contributed by atoms with Crippen molar-refractivity contribution in [3.63, 3.8) is 0 Å². The smallest absolute Gasteiger partial charge is 0.236 e. The van der Waals surface area contributed by atoms with Crippen molar-refractivity contribution < 1.29 is 4.79 Å². The number of nitrogens with one attached hydrogen (secondary N) is 1. The van der Waals surface area contributed by atoms with Gasteiger partial charge in [0.05, 0.1) is 11.4 Å². The molecule has 0 aliphatic rings. The highest BCUT2D eigenvalue weighted by molar-refractivity contribution is 8.01. The van der Waals surface area contributed by atoms with Crippen LogP contribution in [0, 0.1) is 0 Å². The lowest BCUT2D eigenvalue weighted by molar-refractivity contribution is -0.113.